The van der Waals surface area contributed by atoms with Crippen molar-refractivity contribution >= 4 is 12.1 Å². The Kier molecular flexibility index (Phi) is 2.61. The van der Waals surface area contributed by atoms with Crippen molar-refractivity contribution in [1.29, 1.82) is 0 Å². The molecule has 16 heavy (non-hydrogen) atoms. The molecule has 5 heteroatoms. The van der Waals surface area contributed by atoms with Crippen LogP contribution < -0.4 is 0 Å². The SMILES string of the molecule is C=CCOC(=O)N1CCC2CCC21C(=O)O. The molecule has 1 saturated heterocycles. The van der Waals surface area contributed by atoms with Crippen LogP contribution in [0.4, 0.5) is 4.79 Å². The lowest BCUT2D eigenvalue weighted by Gasteiger charge is -2.45. The van der Waals surface area contributed by atoms with E-state index in [9.17, 15) is 14.7 Å². The molecule has 2 atom stereocenters. The number of carboxylic acid groups (broad SMARTS) is 1. The van der Waals surface area contributed by atoms with Crippen LogP contribution in [0.2, 0.25) is 0 Å². The normalized spacial score (nSPS) is 31.5. The Hall–Kier alpha value is -1.52. The van der Waals surface area contributed by atoms with E-state index in [-0.39, 0.29) is 12.5 Å². The number of carboxylic acids is 1. The second-order valence-electron chi connectivity index (χ2n) is 4.27. The maximum atomic E-state index is 11.7. The second kappa shape index (κ2) is 3.81. The van der Waals surface area contributed by atoms with E-state index < -0.39 is 17.6 Å². The first-order valence-corrected chi connectivity index (χ1v) is 5.41. The number of likely N-dealkylation sites (tertiary alicyclic amines) is 1. The van der Waals surface area contributed by atoms with Crippen molar-refractivity contribution in [1.82, 2.24) is 4.90 Å². The summed E-state index contributed by atoms with van der Waals surface area (Å²) in [5.41, 5.74) is -0.988. The molecular formula is C11H15NO4. The Morgan fingerprint density at radius 3 is 2.81 bits per heavy atom. The molecule has 0 bridgehead atoms. The first-order valence-electron chi connectivity index (χ1n) is 5.41. The summed E-state index contributed by atoms with van der Waals surface area (Å²) >= 11 is 0. The highest BCUT2D eigenvalue weighted by atomic mass is 16.6. The van der Waals surface area contributed by atoms with Gasteiger partial charge in [-0.05, 0) is 25.2 Å². The summed E-state index contributed by atoms with van der Waals surface area (Å²) in [7, 11) is 0. The average Bonchev–Trinajstić information content (AvgIpc) is 2.47. The van der Waals surface area contributed by atoms with Crippen LogP contribution in [-0.4, -0.2) is 40.8 Å². The fourth-order valence-electron chi connectivity index (χ4n) is 2.70. The number of carbonyl (C=O) groups excluding carboxylic acids is 1. The summed E-state index contributed by atoms with van der Waals surface area (Å²) < 4.78 is 4.91. The standard InChI is InChI=1S/C11H15NO4/c1-2-7-16-10(15)12-6-4-8-3-5-11(8,12)9(13)14/h2,8H,1,3-7H2,(H,13,14). The second-order valence-corrected chi connectivity index (χ2v) is 4.27. The Morgan fingerprint density at radius 2 is 2.31 bits per heavy atom. The van der Waals surface area contributed by atoms with Gasteiger partial charge >= 0.3 is 12.1 Å². The largest absolute Gasteiger partial charge is 0.479 e. The third-order valence-electron chi connectivity index (χ3n) is 3.65. The third kappa shape index (κ3) is 1.31. The Bertz CT molecular complexity index is 341. The van der Waals surface area contributed by atoms with Crippen LogP contribution in [0, 0.1) is 5.92 Å². The summed E-state index contributed by atoms with van der Waals surface area (Å²) in [6.45, 7) is 4.05. The van der Waals surface area contributed by atoms with E-state index in [1.807, 2.05) is 0 Å². The zero-order chi connectivity index (χ0) is 11.8. The number of fused-ring (bicyclic) bond motifs is 1. The molecule has 0 aromatic heterocycles. The van der Waals surface area contributed by atoms with E-state index in [1.165, 1.54) is 11.0 Å². The van der Waals surface area contributed by atoms with Gasteiger partial charge < -0.3 is 9.84 Å². The van der Waals surface area contributed by atoms with Crippen LogP contribution in [0.3, 0.4) is 0 Å². The lowest BCUT2D eigenvalue weighted by Crippen LogP contribution is -2.61. The van der Waals surface area contributed by atoms with Gasteiger partial charge in [0.1, 0.15) is 12.1 Å². The van der Waals surface area contributed by atoms with Crippen molar-refractivity contribution in [3.05, 3.63) is 12.7 Å². The summed E-state index contributed by atoms with van der Waals surface area (Å²) in [6.07, 6.45) is 3.12. The van der Waals surface area contributed by atoms with Gasteiger partial charge in [0.25, 0.3) is 0 Å². The molecule has 0 aromatic rings. The topological polar surface area (TPSA) is 66.8 Å². The first kappa shape index (κ1) is 11.0. The minimum absolute atomic E-state index is 0.0984. The molecule has 5 nitrogen and oxygen atoms in total. The van der Waals surface area contributed by atoms with Gasteiger partial charge in [-0.3, -0.25) is 4.90 Å². The summed E-state index contributed by atoms with van der Waals surface area (Å²) in [6, 6.07) is 0. The monoisotopic (exact) mass is 225 g/mol. The zero-order valence-electron chi connectivity index (χ0n) is 9.02. The minimum Gasteiger partial charge on any atom is -0.479 e. The Labute approximate surface area is 93.7 Å². The van der Waals surface area contributed by atoms with E-state index in [2.05, 4.69) is 6.58 Å². The molecular weight excluding hydrogens is 210 g/mol. The van der Waals surface area contributed by atoms with Crippen LogP contribution in [0.15, 0.2) is 12.7 Å². The number of amides is 1. The van der Waals surface area contributed by atoms with Crippen molar-refractivity contribution in [2.75, 3.05) is 13.2 Å². The van der Waals surface area contributed by atoms with Crippen molar-refractivity contribution in [3.63, 3.8) is 0 Å². The molecule has 1 N–H and O–H groups in total. The zero-order valence-corrected chi connectivity index (χ0v) is 9.02. The van der Waals surface area contributed by atoms with Gasteiger partial charge in [-0.15, -0.1) is 0 Å². The Morgan fingerprint density at radius 1 is 1.56 bits per heavy atom. The third-order valence-corrected chi connectivity index (χ3v) is 3.65. The first-order chi connectivity index (χ1) is 7.63. The van der Waals surface area contributed by atoms with Gasteiger partial charge in [-0.1, -0.05) is 12.7 Å². The van der Waals surface area contributed by atoms with E-state index in [0.717, 1.165) is 12.8 Å². The smallest absolute Gasteiger partial charge is 0.411 e. The highest BCUT2D eigenvalue weighted by Gasteiger charge is 2.62. The molecule has 1 aliphatic heterocycles. The van der Waals surface area contributed by atoms with Crippen LogP contribution in [-0.2, 0) is 9.53 Å². The number of rotatable bonds is 3. The van der Waals surface area contributed by atoms with E-state index in [1.54, 1.807) is 0 Å². The number of nitrogens with zero attached hydrogens (tertiary/aromatic N) is 1. The van der Waals surface area contributed by atoms with Crippen LogP contribution in [0.25, 0.3) is 0 Å². The number of hydrogen-bond acceptors (Lipinski definition) is 3. The van der Waals surface area contributed by atoms with Gasteiger partial charge in [0.05, 0.1) is 0 Å². The predicted molar refractivity (Wildman–Crippen MR) is 56.0 cm³/mol. The lowest BCUT2D eigenvalue weighted by molar-refractivity contribution is -0.157. The summed E-state index contributed by atoms with van der Waals surface area (Å²) in [5.74, 6) is -0.807. The van der Waals surface area contributed by atoms with E-state index in [4.69, 9.17) is 4.74 Å². The van der Waals surface area contributed by atoms with Crippen molar-refractivity contribution in [3.8, 4) is 0 Å². The summed E-state index contributed by atoms with van der Waals surface area (Å²) in [4.78, 5) is 24.4. The van der Waals surface area contributed by atoms with Gasteiger partial charge in [-0.2, -0.15) is 0 Å². The van der Waals surface area contributed by atoms with Gasteiger partial charge in [0, 0.05) is 6.54 Å². The summed E-state index contributed by atoms with van der Waals surface area (Å²) in [5, 5.41) is 9.27. The van der Waals surface area contributed by atoms with Crippen molar-refractivity contribution < 1.29 is 19.4 Å². The maximum Gasteiger partial charge on any atom is 0.411 e. The molecule has 0 aromatic carbocycles. The maximum absolute atomic E-state index is 11.7. The van der Waals surface area contributed by atoms with Crippen molar-refractivity contribution in [2.24, 2.45) is 5.92 Å². The fraction of sp³-hybridized carbons (Fsp3) is 0.636. The van der Waals surface area contributed by atoms with Gasteiger partial charge in [-0.25, -0.2) is 9.59 Å². The number of ether oxygens (including phenoxy) is 1. The molecule has 2 unspecified atom stereocenters. The van der Waals surface area contributed by atoms with Gasteiger partial charge in [0.2, 0.25) is 0 Å². The van der Waals surface area contributed by atoms with Crippen LogP contribution in [0.1, 0.15) is 19.3 Å². The molecule has 88 valence electrons. The molecule has 0 spiro atoms. The highest BCUT2D eigenvalue weighted by Crippen LogP contribution is 2.50. The molecule has 0 radical (unpaired) electrons. The quantitative estimate of drug-likeness (QED) is 0.734. The molecule has 1 saturated carbocycles. The van der Waals surface area contributed by atoms with Crippen molar-refractivity contribution in [2.45, 2.75) is 24.8 Å². The molecule has 1 amide bonds. The molecule has 2 aliphatic rings. The number of hydrogen-bond donors (Lipinski definition) is 1. The average molecular weight is 225 g/mol. The van der Waals surface area contributed by atoms with E-state index in [0.29, 0.717) is 13.0 Å². The predicted octanol–water partition coefficient (Wildman–Crippen LogP) is 1.25. The van der Waals surface area contributed by atoms with E-state index >= 15 is 0 Å². The molecule has 1 heterocycles. The molecule has 1 aliphatic carbocycles. The molecule has 2 fully saturated rings. The number of aliphatic carboxylic acids is 1. The highest BCUT2D eigenvalue weighted by molar-refractivity contribution is 5.86. The van der Waals surface area contributed by atoms with Crippen LogP contribution >= 0.6 is 0 Å². The number of carbonyl (C=O) groups is 2. The fourth-order valence-corrected chi connectivity index (χ4v) is 2.70. The van der Waals surface area contributed by atoms with Crippen LogP contribution in [0.5, 0.6) is 0 Å². The Balaban J connectivity index is 2.12. The molecule has 2 rings (SSSR count). The lowest BCUT2D eigenvalue weighted by atomic mass is 9.67. The van der Waals surface area contributed by atoms with Gasteiger partial charge in [0.15, 0.2) is 0 Å². The minimum atomic E-state index is -0.988.